The lowest BCUT2D eigenvalue weighted by molar-refractivity contribution is -0.129. The number of hydrogen-bond donors (Lipinski definition) is 0. The number of carbonyl (C=O) groups is 1. The van der Waals surface area contributed by atoms with Crippen molar-refractivity contribution in [2.45, 2.75) is 19.3 Å². The van der Waals surface area contributed by atoms with Gasteiger partial charge in [0.25, 0.3) is 0 Å². The maximum absolute atomic E-state index is 12.1. The molecule has 2 aromatic rings. The molecule has 6 nitrogen and oxygen atoms in total. The Morgan fingerprint density at radius 1 is 1.16 bits per heavy atom. The Balaban J connectivity index is 1.42. The minimum Gasteiger partial charge on any atom is -0.461 e. The summed E-state index contributed by atoms with van der Waals surface area (Å²) in [6, 6.07) is 9.11. The predicted octanol–water partition coefficient (Wildman–Crippen LogP) is 3.48. The van der Waals surface area contributed by atoms with Crippen molar-refractivity contribution >= 4 is 17.9 Å². The van der Waals surface area contributed by atoms with E-state index in [-0.39, 0.29) is 18.4 Å². The van der Waals surface area contributed by atoms with Crippen LogP contribution in [0.15, 0.2) is 45.4 Å². The molecule has 2 unspecified atom stereocenters. The first-order chi connectivity index (χ1) is 12.2. The molecule has 1 aliphatic carbocycles. The summed E-state index contributed by atoms with van der Waals surface area (Å²) in [4.78, 5) is 16.4. The largest absolute Gasteiger partial charge is 0.461 e. The zero-order chi connectivity index (χ0) is 17.0. The fourth-order valence-corrected chi connectivity index (χ4v) is 3.06. The second-order valence-corrected chi connectivity index (χ2v) is 6.46. The summed E-state index contributed by atoms with van der Waals surface area (Å²) in [5, 5.41) is 0. The molecule has 0 spiro atoms. The van der Waals surface area contributed by atoms with Gasteiger partial charge in [-0.25, -0.2) is 9.79 Å². The highest BCUT2D eigenvalue weighted by atomic mass is 16.7. The van der Waals surface area contributed by atoms with Crippen molar-refractivity contribution in [2.24, 2.45) is 10.9 Å². The van der Waals surface area contributed by atoms with Crippen LogP contribution in [0.3, 0.4) is 0 Å². The average molecular weight is 337 g/mol. The molecule has 2 atom stereocenters. The highest BCUT2D eigenvalue weighted by Crippen LogP contribution is 2.47. The van der Waals surface area contributed by atoms with E-state index in [1.54, 1.807) is 24.3 Å². The van der Waals surface area contributed by atoms with Gasteiger partial charge in [0.2, 0.25) is 12.7 Å². The quantitative estimate of drug-likeness (QED) is 0.633. The molecule has 1 aromatic heterocycles. The van der Waals surface area contributed by atoms with Crippen LogP contribution in [0.4, 0.5) is 0 Å². The van der Waals surface area contributed by atoms with E-state index < -0.39 is 5.97 Å². The number of ether oxygens (including phenoxy) is 3. The van der Waals surface area contributed by atoms with Gasteiger partial charge < -0.3 is 18.6 Å². The molecule has 1 aromatic carbocycles. The first-order valence-corrected chi connectivity index (χ1v) is 8.20. The van der Waals surface area contributed by atoms with Crippen LogP contribution in [0.1, 0.15) is 36.3 Å². The summed E-state index contributed by atoms with van der Waals surface area (Å²) < 4.78 is 21.7. The molecule has 126 valence electrons. The highest BCUT2D eigenvalue weighted by Gasteiger charge is 2.36. The van der Waals surface area contributed by atoms with Crippen molar-refractivity contribution in [2.75, 3.05) is 6.79 Å². The zero-order valence-electron chi connectivity index (χ0n) is 13.5. The van der Waals surface area contributed by atoms with Crippen LogP contribution < -0.4 is 9.47 Å². The Kier molecular flexibility index (Phi) is 3.00. The van der Waals surface area contributed by atoms with Crippen molar-refractivity contribution in [3.63, 3.8) is 0 Å². The molecule has 3 aliphatic rings. The third-order valence-corrected chi connectivity index (χ3v) is 4.64. The van der Waals surface area contributed by atoms with Gasteiger partial charge in [0, 0.05) is 17.6 Å². The van der Waals surface area contributed by atoms with Crippen LogP contribution in [0.2, 0.25) is 0 Å². The lowest BCUT2D eigenvalue weighted by atomic mass is 10.2. The van der Waals surface area contributed by atoms with E-state index in [0.29, 0.717) is 34.7 Å². The van der Waals surface area contributed by atoms with E-state index in [1.807, 2.05) is 12.1 Å². The summed E-state index contributed by atoms with van der Waals surface area (Å²) >= 11 is 0. The molecule has 0 radical (unpaired) electrons. The minimum atomic E-state index is -0.495. The normalized spacial score (nSPS) is 25.2. The van der Waals surface area contributed by atoms with Gasteiger partial charge in [-0.2, -0.15) is 0 Å². The molecule has 0 bridgehead atoms. The van der Waals surface area contributed by atoms with Gasteiger partial charge in [0.1, 0.15) is 11.5 Å². The topological polar surface area (TPSA) is 70.3 Å². The number of furan rings is 1. The van der Waals surface area contributed by atoms with Crippen molar-refractivity contribution in [1.29, 1.82) is 0 Å². The maximum atomic E-state index is 12.1. The number of hydrogen-bond acceptors (Lipinski definition) is 6. The lowest BCUT2D eigenvalue weighted by Gasteiger charge is -2.01. The Morgan fingerprint density at radius 3 is 2.84 bits per heavy atom. The van der Waals surface area contributed by atoms with Crippen LogP contribution >= 0.6 is 0 Å². The average Bonchev–Trinajstić information content (AvgIpc) is 3.03. The number of esters is 1. The van der Waals surface area contributed by atoms with E-state index in [4.69, 9.17) is 18.6 Å². The van der Waals surface area contributed by atoms with Crippen LogP contribution in [-0.4, -0.2) is 18.7 Å². The fraction of sp³-hybridized carbons (Fsp3) is 0.263. The molecule has 3 heterocycles. The van der Waals surface area contributed by atoms with E-state index in [0.717, 1.165) is 12.2 Å². The summed E-state index contributed by atoms with van der Waals surface area (Å²) in [6.07, 6.45) is 2.76. The number of cyclic esters (lactones) is 1. The van der Waals surface area contributed by atoms with Gasteiger partial charge >= 0.3 is 5.97 Å². The molecule has 25 heavy (non-hydrogen) atoms. The molecular weight excluding hydrogens is 322 g/mol. The summed E-state index contributed by atoms with van der Waals surface area (Å²) in [5.74, 6) is 3.77. The Morgan fingerprint density at radius 2 is 2.00 bits per heavy atom. The van der Waals surface area contributed by atoms with E-state index in [1.165, 1.54) is 0 Å². The maximum Gasteiger partial charge on any atom is 0.363 e. The summed E-state index contributed by atoms with van der Waals surface area (Å²) in [6.45, 7) is 2.39. The van der Waals surface area contributed by atoms with E-state index >= 15 is 0 Å². The molecule has 0 amide bonds. The van der Waals surface area contributed by atoms with Crippen molar-refractivity contribution in [1.82, 2.24) is 0 Å². The van der Waals surface area contributed by atoms with Crippen LogP contribution in [0.5, 0.6) is 11.5 Å². The standard InChI is InChI=1S/C19H15NO5/c1-10-6-13(10)15-5-3-12(24-15)8-14-19(21)25-18(20-14)11-2-4-16-17(7-11)23-9-22-16/h2-5,7-8,10,13H,6,9H2,1H3/b14-8-. The highest BCUT2D eigenvalue weighted by molar-refractivity contribution is 6.12. The summed E-state index contributed by atoms with van der Waals surface area (Å²) in [7, 11) is 0. The Bertz CT molecular complexity index is 939. The minimum absolute atomic E-state index is 0.191. The van der Waals surface area contributed by atoms with Crippen molar-refractivity contribution < 1.29 is 23.4 Å². The first kappa shape index (κ1) is 14.3. The van der Waals surface area contributed by atoms with Crippen molar-refractivity contribution in [3.05, 3.63) is 53.1 Å². The first-order valence-electron chi connectivity index (χ1n) is 8.20. The number of carbonyl (C=O) groups excluding carboxylic acids is 1. The van der Waals surface area contributed by atoms with Gasteiger partial charge in [-0.15, -0.1) is 0 Å². The summed E-state index contributed by atoms with van der Waals surface area (Å²) in [5.41, 5.74) is 0.880. The number of nitrogens with zero attached hydrogens (tertiary/aromatic N) is 1. The molecule has 1 fully saturated rings. The van der Waals surface area contributed by atoms with Gasteiger partial charge in [0.15, 0.2) is 17.2 Å². The second-order valence-electron chi connectivity index (χ2n) is 6.46. The molecule has 6 heteroatoms. The molecule has 5 rings (SSSR count). The number of benzene rings is 1. The van der Waals surface area contributed by atoms with Gasteiger partial charge in [-0.3, -0.25) is 0 Å². The van der Waals surface area contributed by atoms with Crippen LogP contribution in [-0.2, 0) is 9.53 Å². The molecule has 2 aliphatic heterocycles. The number of rotatable bonds is 3. The molecule has 0 N–H and O–H groups in total. The molecule has 0 saturated heterocycles. The smallest absolute Gasteiger partial charge is 0.363 e. The van der Waals surface area contributed by atoms with Gasteiger partial charge in [-0.05, 0) is 42.7 Å². The van der Waals surface area contributed by atoms with Gasteiger partial charge in [0.05, 0.1) is 0 Å². The zero-order valence-corrected chi connectivity index (χ0v) is 13.5. The fourth-order valence-electron chi connectivity index (χ4n) is 3.06. The lowest BCUT2D eigenvalue weighted by Crippen LogP contribution is -2.05. The Labute approximate surface area is 143 Å². The number of fused-ring (bicyclic) bond motifs is 1. The third-order valence-electron chi connectivity index (χ3n) is 4.64. The van der Waals surface area contributed by atoms with E-state index in [9.17, 15) is 4.79 Å². The molecule has 1 saturated carbocycles. The monoisotopic (exact) mass is 337 g/mol. The van der Waals surface area contributed by atoms with Crippen LogP contribution in [0.25, 0.3) is 6.08 Å². The second kappa shape index (κ2) is 5.24. The SMILES string of the molecule is CC1CC1c1ccc(/C=C2\N=C(c3ccc4c(c3)OCO4)OC2=O)o1. The predicted molar refractivity (Wildman–Crippen MR) is 88.4 cm³/mol. The van der Waals surface area contributed by atoms with Gasteiger partial charge in [-0.1, -0.05) is 6.92 Å². The van der Waals surface area contributed by atoms with E-state index in [2.05, 4.69) is 11.9 Å². The third kappa shape index (κ3) is 2.50. The van der Waals surface area contributed by atoms with Crippen LogP contribution in [0, 0.1) is 5.92 Å². The van der Waals surface area contributed by atoms with Crippen molar-refractivity contribution in [3.8, 4) is 11.5 Å². The number of aliphatic imine (C=N–C) groups is 1. The molecular formula is C19H15NO5. The Hall–Kier alpha value is -3.02.